The molecule has 0 aliphatic heterocycles. The molecule has 22 heavy (non-hydrogen) atoms. The summed E-state index contributed by atoms with van der Waals surface area (Å²) in [7, 11) is 0. The number of rotatable bonds is 1. The van der Waals surface area contributed by atoms with E-state index in [9.17, 15) is 0 Å². The minimum atomic E-state index is 0.337. The highest BCUT2D eigenvalue weighted by molar-refractivity contribution is 5.25. The Morgan fingerprint density at radius 3 is 2.64 bits per heavy atom. The molecular weight excluding hydrogens is 266 g/mol. The molecule has 0 spiro atoms. The van der Waals surface area contributed by atoms with Crippen LogP contribution in [0.2, 0.25) is 0 Å². The predicted octanol–water partition coefficient (Wildman–Crippen LogP) is 5.30. The first-order chi connectivity index (χ1) is 10.5. The molecule has 3 fully saturated rings. The lowest BCUT2D eigenvalue weighted by atomic mass is 9.46. The van der Waals surface area contributed by atoms with Crippen LogP contribution in [0.5, 0.6) is 0 Å². The Bertz CT molecular complexity index is 480. The van der Waals surface area contributed by atoms with Gasteiger partial charge in [0.1, 0.15) is 0 Å². The molecule has 1 heteroatoms. The van der Waals surface area contributed by atoms with Gasteiger partial charge in [0.05, 0.1) is 0 Å². The number of allylic oxidation sites excluding steroid dienone is 1. The molecule has 0 amide bonds. The first kappa shape index (κ1) is 15.2. The van der Waals surface area contributed by atoms with E-state index < -0.39 is 0 Å². The van der Waals surface area contributed by atoms with Crippen LogP contribution in [0.25, 0.3) is 0 Å². The molecule has 7 atom stereocenters. The van der Waals surface area contributed by atoms with Gasteiger partial charge in [0.25, 0.3) is 0 Å². The van der Waals surface area contributed by atoms with Crippen molar-refractivity contribution < 1.29 is 0 Å². The molecule has 4 rings (SSSR count). The Morgan fingerprint density at radius 1 is 1.05 bits per heavy atom. The maximum Gasteiger partial charge on any atom is 0.0226 e. The normalized spacial score (nSPS) is 54.2. The lowest BCUT2D eigenvalue weighted by Gasteiger charge is -2.58. The Labute approximate surface area is 137 Å². The summed E-state index contributed by atoms with van der Waals surface area (Å²) in [6, 6.07) is 0.337. The van der Waals surface area contributed by atoms with Crippen molar-refractivity contribution in [2.45, 2.75) is 84.6 Å². The van der Waals surface area contributed by atoms with Crippen LogP contribution >= 0.6 is 0 Å². The second-order valence-corrected chi connectivity index (χ2v) is 9.45. The van der Waals surface area contributed by atoms with Crippen LogP contribution in [-0.4, -0.2) is 6.04 Å². The number of hydrogen-bond donors (Lipinski definition) is 1. The Balaban J connectivity index is 1.65. The van der Waals surface area contributed by atoms with Gasteiger partial charge in [-0.05, 0) is 85.9 Å². The summed E-state index contributed by atoms with van der Waals surface area (Å²) in [4.78, 5) is 0. The zero-order valence-electron chi connectivity index (χ0n) is 14.9. The summed E-state index contributed by atoms with van der Waals surface area (Å²) < 4.78 is 0. The third kappa shape index (κ3) is 1.93. The van der Waals surface area contributed by atoms with Crippen LogP contribution in [0.3, 0.4) is 0 Å². The molecule has 0 heterocycles. The zero-order chi connectivity index (χ0) is 15.5. The van der Waals surface area contributed by atoms with Crippen LogP contribution in [0.1, 0.15) is 78.6 Å². The zero-order valence-corrected chi connectivity index (χ0v) is 14.9. The Kier molecular flexibility index (Phi) is 3.53. The van der Waals surface area contributed by atoms with Gasteiger partial charge in [-0.1, -0.05) is 38.8 Å². The second-order valence-electron chi connectivity index (χ2n) is 9.45. The first-order valence-electron chi connectivity index (χ1n) is 9.96. The quantitative estimate of drug-likeness (QED) is 0.653. The first-order valence-corrected chi connectivity index (χ1v) is 9.96. The number of hydrogen-bond acceptors (Lipinski definition) is 1. The average Bonchev–Trinajstić information content (AvgIpc) is 2.84. The van der Waals surface area contributed by atoms with Crippen LogP contribution in [0.4, 0.5) is 0 Å². The molecule has 3 saturated carbocycles. The van der Waals surface area contributed by atoms with Crippen LogP contribution in [0.15, 0.2) is 11.6 Å². The van der Waals surface area contributed by atoms with E-state index in [1.165, 1.54) is 57.8 Å². The van der Waals surface area contributed by atoms with E-state index in [1.54, 1.807) is 5.57 Å². The third-order valence-electron chi connectivity index (χ3n) is 8.84. The third-order valence-corrected chi connectivity index (χ3v) is 8.84. The highest BCUT2D eigenvalue weighted by Crippen LogP contribution is 2.66. The summed E-state index contributed by atoms with van der Waals surface area (Å²) in [5.41, 5.74) is 9.13. The molecular formula is C21H35N. The molecule has 0 saturated heterocycles. The van der Waals surface area contributed by atoms with Gasteiger partial charge < -0.3 is 5.73 Å². The topological polar surface area (TPSA) is 26.0 Å². The molecule has 1 nitrogen and oxygen atoms in total. The smallest absolute Gasteiger partial charge is 0.0226 e. The van der Waals surface area contributed by atoms with Gasteiger partial charge in [-0.2, -0.15) is 0 Å². The van der Waals surface area contributed by atoms with Crippen molar-refractivity contribution in [3.63, 3.8) is 0 Å². The molecule has 0 aromatic rings. The van der Waals surface area contributed by atoms with E-state index in [4.69, 9.17) is 5.73 Å². The Morgan fingerprint density at radius 2 is 1.86 bits per heavy atom. The maximum absolute atomic E-state index is 6.24. The lowest BCUT2D eigenvalue weighted by molar-refractivity contribution is -0.0520. The number of nitrogens with two attached hydrogens (primary N) is 1. The standard InChI is InChI=1S/C21H35N/c1-4-14-6-8-18-17-7-5-15-13-16(22)9-11-21(15,3)19(17)10-12-20(14,18)2/h13-14,16-19H,4-12,22H2,1-3H3/t14-,16+,17?,18?,19?,20+,21-/m0/s1. The molecule has 3 unspecified atom stereocenters. The van der Waals surface area contributed by atoms with Gasteiger partial charge in [-0.3, -0.25) is 0 Å². The van der Waals surface area contributed by atoms with Gasteiger partial charge in [-0.15, -0.1) is 0 Å². The summed E-state index contributed by atoms with van der Waals surface area (Å²) in [5.74, 6) is 3.98. The van der Waals surface area contributed by atoms with Crippen molar-refractivity contribution >= 4 is 0 Å². The van der Waals surface area contributed by atoms with Gasteiger partial charge >= 0.3 is 0 Å². The predicted molar refractivity (Wildman–Crippen MR) is 93.5 cm³/mol. The highest BCUT2D eigenvalue weighted by Gasteiger charge is 2.58. The average molecular weight is 302 g/mol. The largest absolute Gasteiger partial charge is 0.324 e. The minimum absolute atomic E-state index is 0.337. The molecule has 2 N–H and O–H groups in total. The fraction of sp³-hybridized carbons (Fsp3) is 0.905. The molecule has 4 aliphatic rings. The maximum atomic E-state index is 6.24. The van der Waals surface area contributed by atoms with Crippen molar-refractivity contribution in [3.8, 4) is 0 Å². The van der Waals surface area contributed by atoms with Gasteiger partial charge in [0.15, 0.2) is 0 Å². The fourth-order valence-electron chi connectivity index (χ4n) is 7.53. The second kappa shape index (κ2) is 5.10. The molecule has 0 aromatic heterocycles. The monoisotopic (exact) mass is 301 g/mol. The Hall–Kier alpha value is -0.300. The molecule has 0 radical (unpaired) electrons. The van der Waals surface area contributed by atoms with Crippen LogP contribution < -0.4 is 5.73 Å². The van der Waals surface area contributed by atoms with Crippen molar-refractivity contribution in [3.05, 3.63) is 11.6 Å². The summed E-state index contributed by atoms with van der Waals surface area (Å²) in [6.45, 7) is 7.67. The van der Waals surface area contributed by atoms with Crippen LogP contribution in [0, 0.1) is 34.5 Å². The van der Waals surface area contributed by atoms with E-state index in [0.29, 0.717) is 16.9 Å². The van der Waals surface area contributed by atoms with E-state index in [1.807, 2.05) is 0 Å². The van der Waals surface area contributed by atoms with Crippen molar-refractivity contribution in [2.75, 3.05) is 0 Å². The SMILES string of the molecule is CC[C@H]1CCC2C3CCC4=C[C@H](N)CC[C@]4(C)C3CC[C@@]21C. The molecule has 0 bridgehead atoms. The van der Waals surface area contributed by atoms with Gasteiger partial charge in [0, 0.05) is 6.04 Å². The minimum Gasteiger partial charge on any atom is -0.324 e. The van der Waals surface area contributed by atoms with Gasteiger partial charge in [0.2, 0.25) is 0 Å². The van der Waals surface area contributed by atoms with E-state index in [2.05, 4.69) is 26.8 Å². The summed E-state index contributed by atoms with van der Waals surface area (Å²) in [6.07, 6.45) is 15.2. The van der Waals surface area contributed by atoms with Crippen LogP contribution in [-0.2, 0) is 0 Å². The summed E-state index contributed by atoms with van der Waals surface area (Å²) in [5, 5.41) is 0. The molecule has 124 valence electrons. The lowest BCUT2D eigenvalue weighted by Crippen LogP contribution is -2.51. The number of fused-ring (bicyclic) bond motifs is 5. The van der Waals surface area contributed by atoms with E-state index >= 15 is 0 Å². The fourth-order valence-corrected chi connectivity index (χ4v) is 7.53. The van der Waals surface area contributed by atoms with E-state index in [0.717, 1.165) is 23.7 Å². The van der Waals surface area contributed by atoms with Gasteiger partial charge in [-0.25, -0.2) is 0 Å². The van der Waals surface area contributed by atoms with Crippen molar-refractivity contribution in [1.29, 1.82) is 0 Å². The van der Waals surface area contributed by atoms with Crippen molar-refractivity contribution in [1.82, 2.24) is 0 Å². The molecule has 0 aromatic carbocycles. The molecule has 4 aliphatic carbocycles. The highest BCUT2D eigenvalue weighted by atomic mass is 14.7. The van der Waals surface area contributed by atoms with E-state index in [-0.39, 0.29) is 0 Å². The van der Waals surface area contributed by atoms with Crippen molar-refractivity contribution in [2.24, 2.45) is 40.2 Å². The summed E-state index contributed by atoms with van der Waals surface area (Å²) >= 11 is 0.